The van der Waals surface area contributed by atoms with E-state index in [1.807, 2.05) is 6.07 Å². The van der Waals surface area contributed by atoms with Crippen molar-refractivity contribution in [3.05, 3.63) is 53.6 Å². The Morgan fingerprint density at radius 3 is 2.67 bits per heavy atom. The molecule has 2 amide bonds. The quantitative estimate of drug-likeness (QED) is 0.838. The second kappa shape index (κ2) is 7.65. The van der Waals surface area contributed by atoms with E-state index in [0.717, 1.165) is 0 Å². The first-order valence-corrected chi connectivity index (χ1v) is 6.94. The number of rotatable bonds is 6. The largest absolute Gasteiger partial charge is 0.493 e. The lowest BCUT2D eigenvalue weighted by atomic mass is 10.1. The lowest BCUT2D eigenvalue weighted by Crippen LogP contribution is -2.20. The summed E-state index contributed by atoms with van der Waals surface area (Å²) < 4.78 is 10.4. The number of methoxy groups -OCH3 is 1. The van der Waals surface area contributed by atoms with Gasteiger partial charge >= 0.3 is 0 Å². The Labute approximate surface area is 138 Å². The van der Waals surface area contributed by atoms with Crippen LogP contribution in [0.5, 0.6) is 11.5 Å². The molecule has 0 saturated carbocycles. The third kappa shape index (κ3) is 4.24. The Bertz CT molecular complexity index is 812. The summed E-state index contributed by atoms with van der Waals surface area (Å²) in [4.78, 5) is 23.1. The number of carbonyl (C=O) groups is 2. The fourth-order valence-electron chi connectivity index (χ4n) is 1.95. The van der Waals surface area contributed by atoms with Gasteiger partial charge in [-0.15, -0.1) is 0 Å². The molecule has 2 aromatic rings. The smallest absolute Gasteiger partial charge is 0.255 e. The molecule has 7 heteroatoms. The number of hydrogen-bond acceptors (Lipinski definition) is 5. The second-order valence-electron chi connectivity index (χ2n) is 4.77. The number of amides is 2. The van der Waals surface area contributed by atoms with Crippen LogP contribution >= 0.6 is 0 Å². The summed E-state index contributed by atoms with van der Waals surface area (Å²) in [5.74, 6) is -0.380. The molecule has 2 rings (SSSR count). The van der Waals surface area contributed by atoms with Gasteiger partial charge in [-0.1, -0.05) is 6.07 Å². The van der Waals surface area contributed by atoms with Crippen molar-refractivity contribution in [3.63, 3.8) is 0 Å². The zero-order chi connectivity index (χ0) is 17.5. The SMILES string of the molecule is COc1cc(C(=O)Nc2cccc(C#N)c2)ccc1OCC(N)=O. The molecule has 0 saturated heterocycles. The Balaban J connectivity index is 2.17. The highest BCUT2D eigenvalue weighted by molar-refractivity contribution is 6.04. The van der Waals surface area contributed by atoms with E-state index in [0.29, 0.717) is 28.3 Å². The van der Waals surface area contributed by atoms with Gasteiger partial charge in [0.1, 0.15) is 0 Å². The molecule has 0 fully saturated rings. The standard InChI is InChI=1S/C17H15N3O4/c1-23-15-8-12(5-6-14(15)24-10-16(19)21)17(22)20-13-4-2-3-11(7-13)9-18/h2-8H,10H2,1H3,(H2,19,21)(H,20,22). The summed E-state index contributed by atoms with van der Waals surface area (Å²) in [6.07, 6.45) is 0. The van der Waals surface area contributed by atoms with Gasteiger partial charge in [0.2, 0.25) is 0 Å². The van der Waals surface area contributed by atoms with Crippen LogP contribution in [0.3, 0.4) is 0 Å². The monoisotopic (exact) mass is 325 g/mol. The van der Waals surface area contributed by atoms with Gasteiger partial charge in [0, 0.05) is 11.3 Å². The molecule has 0 aliphatic carbocycles. The molecule has 2 aromatic carbocycles. The maximum absolute atomic E-state index is 12.3. The van der Waals surface area contributed by atoms with E-state index < -0.39 is 5.91 Å². The van der Waals surface area contributed by atoms with Crippen molar-refractivity contribution in [2.75, 3.05) is 19.0 Å². The zero-order valence-electron chi connectivity index (χ0n) is 12.9. The minimum Gasteiger partial charge on any atom is -0.493 e. The summed E-state index contributed by atoms with van der Waals surface area (Å²) in [5.41, 5.74) is 6.31. The molecular weight excluding hydrogens is 310 g/mol. The van der Waals surface area contributed by atoms with E-state index in [-0.39, 0.29) is 12.5 Å². The van der Waals surface area contributed by atoms with Crippen LogP contribution in [-0.2, 0) is 4.79 Å². The van der Waals surface area contributed by atoms with E-state index in [9.17, 15) is 9.59 Å². The molecule has 3 N–H and O–H groups in total. The maximum atomic E-state index is 12.3. The molecule has 24 heavy (non-hydrogen) atoms. The molecule has 0 aliphatic rings. The van der Waals surface area contributed by atoms with Crippen LogP contribution in [0.1, 0.15) is 15.9 Å². The minimum atomic E-state index is -0.615. The Morgan fingerprint density at radius 2 is 2.00 bits per heavy atom. The number of hydrogen-bond donors (Lipinski definition) is 2. The molecule has 0 aromatic heterocycles. The summed E-state index contributed by atoms with van der Waals surface area (Å²) in [6.45, 7) is -0.289. The maximum Gasteiger partial charge on any atom is 0.255 e. The summed E-state index contributed by atoms with van der Waals surface area (Å²) in [7, 11) is 1.42. The van der Waals surface area contributed by atoms with Crippen LogP contribution in [-0.4, -0.2) is 25.5 Å². The van der Waals surface area contributed by atoms with Crippen LogP contribution < -0.4 is 20.5 Å². The normalized spacial score (nSPS) is 9.67. The molecule has 0 heterocycles. The molecule has 7 nitrogen and oxygen atoms in total. The van der Waals surface area contributed by atoms with Crippen LogP contribution in [0, 0.1) is 11.3 Å². The van der Waals surface area contributed by atoms with Crippen molar-refractivity contribution in [2.45, 2.75) is 0 Å². The van der Waals surface area contributed by atoms with Crippen molar-refractivity contribution in [2.24, 2.45) is 5.73 Å². The fraction of sp³-hybridized carbons (Fsp3) is 0.118. The number of anilines is 1. The van der Waals surface area contributed by atoms with Crippen molar-refractivity contribution in [1.82, 2.24) is 0 Å². The average molecular weight is 325 g/mol. The van der Waals surface area contributed by atoms with Crippen molar-refractivity contribution in [3.8, 4) is 17.6 Å². The van der Waals surface area contributed by atoms with Gasteiger partial charge in [-0.25, -0.2) is 0 Å². The van der Waals surface area contributed by atoms with Crippen molar-refractivity contribution in [1.29, 1.82) is 5.26 Å². The number of nitriles is 1. The predicted molar refractivity (Wildman–Crippen MR) is 86.8 cm³/mol. The predicted octanol–water partition coefficient (Wildman–Crippen LogP) is 1.68. The molecule has 122 valence electrons. The highest BCUT2D eigenvalue weighted by Crippen LogP contribution is 2.28. The Kier molecular flexibility index (Phi) is 5.36. The average Bonchev–Trinajstić information content (AvgIpc) is 2.59. The zero-order valence-corrected chi connectivity index (χ0v) is 12.9. The molecule has 0 radical (unpaired) electrons. The van der Waals surface area contributed by atoms with E-state index in [2.05, 4.69) is 5.32 Å². The number of primary amides is 1. The van der Waals surface area contributed by atoms with Gasteiger partial charge in [-0.3, -0.25) is 9.59 Å². The van der Waals surface area contributed by atoms with Gasteiger partial charge in [-0.2, -0.15) is 5.26 Å². The topological polar surface area (TPSA) is 114 Å². The molecule has 0 aliphatic heterocycles. The highest BCUT2D eigenvalue weighted by Gasteiger charge is 2.12. The first-order chi connectivity index (χ1) is 11.5. The van der Waals surface area contributed by atoms with Crippen molar-refractivity contribution < 1.29 is 19.1 Å². The van der Waals surface area contributed by atoms with E-state index in [4.69, 9.17) is 20.5 Å². The molecular formula is C17H15N3O4. The van der Waals surface area contributed by atoms with Gasteiger partial charge in [0.05, 0.1) is 18.7 Å². The van der Waals surface area contributed by atoms with Crippen LogP contribution in [0.2, 0.25) is 0 Å². The van der Waals surface area contributed by atoms with Crippen LogP contribution in [0.15, 0.2) is 42.5 Å². The van der Waals surface area contributed by atoms with E-state index >= 15 is 0 Å². The summed E-state index contributed by atoms with van der Waals surface area (Å²) in [6, 6.07) is 13.1. The minimum absolute atomic E-state index is 0.289. The Morgan fingerprint density at radius 1 is 1.21 bits per heavy atom. The molecule has 0 bridgehead atoms. The number of nitrogens with zero attached hydrogens (tertiary/aromatic N) is 1. The van der Waals surface area contributed by atoms with Crippen LogP contribution in [0.25, 0.3) is 0 Å². The second-order valence-corrected chi connectivity index (χ2v) is 4.77. The molecule has 0 spiro atoms. The van der Waals surface area contributed by atoms with Gasteiger partial charge in [0.15, 0.2) is 18.1 Å². The Hall–Kier alpha value is -3.53. The van der Waals surface area contributed by atoms with Gasteiger partial charge < -0.3 is 20.5 Å². The third-order valence-electron chi connectivity index (χ3n) is 3.05. The first kappa shape index (κ1) is 16.8. The third-order valence-corrected chi connectivity index (χ3v) is 3.05. The van der Waals surface area contributed by atoms with Gasteiger partial charge in [-0.05, 0) is 36.4 Å². The summed E-state index contributed by atoms with van der Waals surface area (Å²) >= 11 is 0. The first-order valence-electron chi connectivity index (χ1n) is 6.94. The highest BCUT2D eigenvalue weighted by atomic mass is 16.5. The van der Waals surface area contributed by atoms with Gasteiger partial charge in [0.25, 0.3) is 11.8 Å². The van der Waals surface area contributed by atoms with Crippen LogP contribution in [0.4, 0.5) is 5.69 Å². The summed E-state index contributed by atoms with van der Waals surface area (Å²) in [5, 5.41) is 11.6. The number of carbonyl (C=O) groups excluding carboxylic acids is 2. The number of benzene rings is 2. The number of ether oxygens (including phenoxy) is 2. The lowest BCUT2D eigenvalue weighted by molar-refractivity contribution is -0.119. The number of nitrogens with one attached hydrogen (secondary N) is 1. The molecule has 0 unspecified atom stereocenters. The molecule has 0 atom stereocenters. The van der Waals surface area contributed by atoms with E-state index in [1.54, 1.807) is 24.3 Å². The van der Waals surface area contributed by atoms with Crippen molar-refractivity contribution >= 4 is 17.5 Å². The number of nitrogens with two attached hydrogens (primary N) is 1. The lowest BCUT2D eigenvalue weighted by Gasteiger charge is -2.11. The van der Waals surface area contributed by atoms with E-state index in [1.165, 1.54) is 25.3 Å². The fourth-order valence-corrected chi connectivity index (χ4v) is 1.95.